The number of ether oxygens (including phenoxy) is 1. The molecule has 1 atom stereocenters. The van der Waals surface area contributed by atoms with Gasteiger partial charge in [0.05, 0.1) is 12.8 Å². The van der Waals surface area contributed by atoms with Crippen molar-refractivity contribution in [3.63, 3.8) is 0 Å². The Balaban J connectivity index is 2.02. The molecule has 1 aliphatic heterocycles. The molecule has 1 aliphatic rings. The van der Waals surface area contributed by atoms with E-state index in [1.54, 1.807) is 12.0 Å². The molecular weight excluding hydrogens is 256 g/mol. The first-order chi connectivity index (χ1) is 9.69. The molecule has 1 amide bonds. The van der Waals surface area contributed by atoms with E-state index in [-0.39, 0.29) is 5.91 Å². The van der Waals surface area contributed by atoms with Crippen LogP contribution in [0.3, 0.4) is 0 Å². The van der Waals surface area contributed by atoms with Crippen molar-refractivity contribution in [2.75, 3.05) is 20.2 Å². The van der Waals surface area contributed by atoms with Crippen molar-refractivity contribution in [3.8, 4) is 5.75 Å². The smallest absolute Gasteiger partial charge is 0.266 e. The van der Waals surface area contributed by atoms with Crippen LogP contribution < -0.4 is 4.74 Å². The van der Waals surface area contributed by atoms with Crippen molar-refractivity contribution in [2.24, 2.45) is 5.16 Å². The van der Waals surface area contributed by atoms with E-state index in [0.717, 1.165) is 17.0 Å². The predicted octanol–water partition coefficient (Wildman–Crippen LogP) is 2.06. The van der Waals surface area contributed by atoms with Crippen LogP contribution in [0.1, 0.15) is 25.8 Å². The summed E-state index contributed by atoms with van der Waals surface area (Å²) in [6, 6.07) is 7.59. The number of benzene rings is 1. The molecule has 0 spiro atoms. The van der Waals surface area contributed by atoms with Crippen LogP contribution in [0, 0.1) is 0 Å². The van der Waals surface area contributed by atoms with E-state index in [1.807, 2.05) is 38.1 Å². The third-order valence-electron chi connectivity index (χ3n) is 3.44. The number of methoxy groups -OCH3 is 1. The molecule has 0 aliphatic carbocycles. The minimum atomic E-state index is -0.494. The van der Waals surface area contributed by atoms with Crippen molar-refractivity contribution in [1.82, 2.24) is 4.90 Å². The zero-order chi connectivity index (χ0) is 14.5. The van der Waals surface area contributed by atoms with Crippen LogP contribution in [-0.2, 0) is 9.63 Å². The largest absolute Gasteiger partial charge is 0.497 e. The topological polar surface area (TPSA) is 51.1 Å². The molecule has 0 radical (unpaired) electrons. The third kappa shape index (κ3) is 2.92. The molecule has 108 valence electrons. The van der Waals surface area contributed by atoms with Crippen molar-refractivity contribution in [1.29, 1.82) is 0 Å². The number of nitrogens with zero attached hydrogens (tertiary/aromatic N) is 2. The molecule has 0 saturated carbocycles. The molecule has 0 saturated heterocycles. The summed E-state index contributed by atoms with van der Waals surface area (Å²) in [5, 5.41) is 4.04. The quantitative estimate of drug-likeness (QED) is 0.827. The molecule has 0 N–H and O–H groups in total. The van der Waals surface area contributed by atoms with Crippen LogP contribution in [-0.4, -0.2) is 42.8 Å². The van der Waals surface area contributed by atoms with Gasteiger partial charge in [0.25, 0.3) is 5.91 Å². The summed E-state index contributed by atoms with van der Waals surface area (Å²) < 4.78 is 5.12. The monoisotopic (exact) mass is 276 g/mol. The van der Waals surface area contributed by atoms with Gasteiger partial charge in [0, 0.05) is 19.5 Å². The Bertz CT molecular complexity index is 492. The summed E-state index contributed by atoms with van der Waals surface area (Å²) >= 11 is 0. The molecule has 5 heteroatoms. The van der Waals surface area contributed by atoms with Crippen LogP contribution in [0.5, 0.6) is 5.75 Å². The van der Waals surface area contributed by atoms with E-state index in [1.165, 1.54) is 0 Å². The lowest BCUT2D eigenvalue weighted by Gasteiger charge is -2.20. The van der Waals surface area contributed by atoms with Gasteiger partial charge in [-0.25, -0.2) is 0 Å². The second-order valence-corrected chi connectivity index (χ2v) is 4.58. The van der Waals surface area contributed by atoms with Crippen LogP contribution in [0.4, 0.5) is 0 Å². The zero-order valence-corrected chi connectivity index (χ0v) is 12.1. The normalized spacial score (nSPS) is 17.4. The fourth-order valence-corrected chi connectivity index (χ4v) is 2.20. The molecule has 0 fully saturated rings. The number of hydrogen-bond acceptors (Lipinski definition) is 4. The van der Waals surface area contributed by atoms with Gasteiger partial charge in [0.2, 0.25) is 6.10 Å². The Hall–Kier alpha value is -2.04. The van der Waals surface area contributed by atoms with E-state index in [2.05, 4.69) is 5.16 Å². The summed E-state index contributed by atoms with van der Waals surface area (Å²) in [5.41, 5.74) is 1.76. The molecule has 20 heavy (non-hydrogen) atoms. The molecule has 1 heterocycles. The number of carbonyl (C=O) groups is 1. The highest BCUT2D eigenvalue weighted by molar-refractivity contribution is 6.04. The number of oxime groups is 1. The van der Waals surface area contributed by atoms with Gasteiger partial charge >= 0.3 is 0 Å². The standard InChI is InChI=1S/C15H20N2O3/c1-4-17(5-2)15(18)14-10-13(16-20-14)11-6-8-12(19-3)9-7-11/h6-9,14H,4-5,10H2,1-3H3/t14-/m0/s1. The Labute approximate surface area is 119 Å². The van der Waals surface area contributed by atoms with E-state index in [0.29, 0.717) is 19.5 Å². The lowest BCUT2D eigenvalue weighted by molar-refractivity contribution is -0.141. The van der Waals surface area contributed by atoms with Crippen LogP contribution in [0.2, 0.25) is 0 Å². The average Bonchev–Trinajstić information content (AvgIpc) is 2.98. The number of amides is 1. The maximum absolute atomic E-state index is 12.2. The van der Waals surface area contributed by atoms with E-state index in [9.17, 15) is 4.79 Å². The van der Waals surface area contributed by atoms with Gasteiger partial charge in [-0.3, -0.25) is 4.79 Å². The van der Waals surface area contributed by atoms with Crippen LogP contribution in [0.15, 0.2) is 29.4 Å². The Morgan fingerprint density at radius 3 is 2.55 bits per heavy atom. The third-order valence-corrected chi connectivity index (χ3v) is 3.44. The number of likely N-dealkylation sites (N-methyl/N-ethyl adjacent to an activating group) is 1. The van der Waals surface area contributed by atoms with E-state index >= 15 is 0 Å². The van der Waals surface area contributed by atoms with Crippen LogP contribution >= 0.6 is 0 Å². The maximum atomic E-state index is 12.2. The van der Waals surface area contributed by atoms with Gasteiger partial charge in [0.1, 0.15) is 5.75 Å². The Kier molecular flexibility index (Phi) is 4.61. The first-order valence-corrected chi connectivity index (χ1v) is 6.85. The molecular formula is C15H20N2O3. The SMILES string of the molecule is CCN(CC)C(=O)[C@@H]1CC(c2ccc(OC)cc2)=NO1. The van der Waals surface area contributed by atoms with Gasteiger partial charge in [-0.2, -0.15) is 0 Å². The second-order valence-electron chi connectivity index (χ2n) is 4.58. The van der Waals surface area contributed by atoms with Crippen molar-refractivity contribution < 1.29 is 14.4 Å². The summed E-state index contributed by atoms with van der Waals surface area (Å²) in [4.78, 5) is 19.2. The van der Waals surface area contributed by atoms with Gasteiger partial charge in [0.15, 0.2) is 0 Å². The van der Waals surface area contributed by atoms with Crippen molar-refractivity contribution in [2.45, 2.75) is 26.4 Å². The maximum Gasteiger partial charge on any atom is 0.266 e. The summed E-state index contributed by atoms with van der Waals surface area (Å²) in [6.45, 7) is 5.29. The first-order valence-electron chi connectivity index (χ1n) is 6.85. The van der Waals surface area contributed by atoms with E-state index < -0.39 is 6.10 Å². The number of hydrogen-bond donors (Lipinski definition) is 0. The van der Waals surface area contributed by atoms with Gasteiger partial charge < -0.3 is 14.5 Å². The van der Waals surface area contributed by atoms with Crippen LogP contribution in [0.25, 0.3) is 0 Å². The second kappa shape index (κ2) is 6.41. The minimum Gasteiger partial charge on any atom is -0.497 e. The molecule has 0 unspecified atom stereocenters. The Morgan fingerprint density at radius 2 is 2.00 bits per heavy atom. The van der Waals surface area contributed by atoms with E-state index in [4.69, 9.17) is 9.57 Å². The summed E-state index contributed by atoms with van der Waals surface area (Å²) in [6.07, 6.45) is 0.0220. The molecule has 0 aromatic heterocycles. The first kappa shape index (κ1) is 14.4. The molecule has 2 rings (SSSR count). The number of carbonyl (C=O) groups excluding carboxylic acids is 1. The lowest BCUT2D eigenvalue weighted by atomic mass is 10.0. The fourth-order valence-electron chi connectivity index (χ4n) is 2.20. The van der Waals surface area contributed by atoms with Crippen molar-refractivity contribution in [3.05, 3.63) is 29.8 Å². The highest BCUT2D eigenvalue weighted by Gasteiger charge is 2.31. The molecule has 0 bridgehead atoms. The highest BCUT2D eigenvalue weighted by atomic mass is 16.6. The van der Waals surface area contributed by atoms with Gasteiger partial charge in [-0.15, -0.1) is 0 Å². The molecule has 1 aromatic carbocycles. The van der Waals surface area contributed by atoms with Crippen molar-refractivity contribution >= 4 is 11.6 Å². The average molecular weight is 276 g/mol. The summed E-state index contributed by atoms with van der Waals surface area (Å²) in [5.74, 6) is 0.797. The van der Waals surface area contributed by atoms with Gasteiger partial charge in [-0.1, -0.05) is 5.16 Å². The molecule has 1 aromatic rings. The fraction of sp³-hybridized carbons (Fsp3) is 0.467. The predicted molar refractivity (Wildman–Crippen MR) is 76.9 cm³/mol. The highest BCUT2D eigenvalue weighted by Crippen LogP contribution is 2.20. The zero-order valence-electron chi connectivity index (χ0n) is 12.1. The number of rotatable bonds is 5. The molecule has 5 nitrogen and oxygen atoms in total. The Morgan fingerprint density at radius 1 is 1.35 bits per heavy atom. The minimum absolute atomic E-state index is 0.00209. The van der Waals surface area contributed by atoms with Gasteiger partial charge in [-0.05, 0) is 43.7 Å². The lowest BCUT2D eigenvalue weighted by Crippen LogP contribution is -2.39. The summed E-state index contributed by atoms with van der Waals surface area (Å²) in [7, 11) is 1.63.